The molecule has 106 valence electrons. The number of hydrogen-bond acceptors (Lipinski definition) is 4. The van der Waals surface area contributed by atoms with Gasteiger partial charge in [-0.2, -0.15) is 0 Å². The van der Waals surface area contributed by atoms with E-state index in [0.29, 0.717) is 18.8 Å². The first-order valence-electron chi connectivity index (χ1n) is 6.77. The number of ether oxygens (including phenoxy) is 2. The highest BCUT2D eigenvalue weighted by molar-refractivity contribution is 5.33. The largest absolute Gasteiger partial charge is 0.398 e. The average molecular weight is 266 g/mol. The number of hydrogen-bond donors (Lipinski definition) is 1. The summed E-state index contributed by atoms with van der Waals surface area (Å²) >= 11 is 0. The molecule has 0 aliphatic carbocycles. The summed E-state index contributed by atoms with van der Waals surface area (Å²) in [5.41, 5.74) is 6.20. The highest BCUT2D eigenvalue weighted by Gasteiger charge is 2.24. The van der Waals surface area contributed by atoms with Crippen LogP contribution in [0.1, 0.15) is 26.7 Å². The molecule has 5 heteroatoms. The van der Waals surface area contributed by atoms with E-state index in [1.54, 1.807) is 16.8 Å². The van der Waals surface area contributed by atoms with Crippen LogP contribution in [0, 0.1) is 0 Å². The predicted octanol–water partition coefficient (Wildman–Crippen LogP) is 1.40. The lowest BCUT2D eigenvalue weighted by Crippen LogP contribution is -2.35. The van der Waals surface area contributed by atoms with Gasteiger partial charge in [0.25, 0.3) is 5.56 Å². The van der Waals surface area contributed by atoms with E-state index < -0.39 is 0 Å². The molecule has 0 saturated carbocycles. The van der Waals surface area contributed by atoms with Gasteiger partial charge in [-0.15, -0.1) is 0 Å². The van der Waals surface area contributed by atoms with Gasteiger partial charge in [0.05, 0.1) is 24.9 Å². The standard InChI is InChI=1S/C14H22N2O3/c1-10-7-13(8-11(2)19-10)18-6-5-16-9-12(15)3-4-14(16)17/h3-4,9-11,13H,5-8,15H2,1-2H3. The maximum absolute atomic E-state index is 11.6. The molecule has 1 aliphatic heterocycles. The molecule has 1 aromatic rings. The molecule has 0 bridgehead atoms. The molecule has 1 aromatic heterocycles. The Bertz CT molecular complexity index is 462. The van der Waals surface area contributed by atoms with Gasteiger partial charge >= 0.3 is 0 Å². The van der Waals surface area contributed by atoms with Gasteiger partial charge in [-0.1, -0.05) is 0 Å². The molecule has 0 aromatic carbocycles. The van der Waals surface area contributed by atoms with Gasteiger partial charge in [0.15, 0.2) is 0 Å². The molecule has 0 amide bonds. The Labute approximate surface area is 113 Å². The monoisotopic (exact) mass is 266 g/mol. The van der Waals surface area contributed by atoms with Crippen molar-refractivity contribution in [2.45, 2.75) is 51.5 Å². The van der Waals surface area contributed by atoms with Crippen molar-refractivity contribution in [2.24, 2.45) is 0 Å². The maximum atomic E-state index is 11.6. The highest BCUT2D eigenvalue weighted by Crippen LogP contribution is 2.21. The van der Waals surface area contributed by atoms with Crippen LogP contribution in [0.25, 0.3) is 0 Å². The molecular formula is C14H22N2O3. The van der Waals surface area contributed by atoms with Crippen molar-refractivity contribution in [1.82, 2.24) is 4.57 Å². The van der Waals surface area contributed by atoms with Crippen molar-refractivity contribution in [1.29, 1.82) is 0 Å². The van der Waals surface area contributed by atoms with Crippen LogP contribution in [0.15, 0.2) is 23.1 Å². The minimum absolute atomic E-state index is 0.0495. The SMILES string of the molecule is CC1CC(OCCn2cc(N)ccc2=O)CC(C)O1. The molecule has 2 rings (SSSR count). The zero-order valence-electron chi connectivity index (χ0n) is 11.5. The second kappa shape index (κ2) is 6.21. The summed E-state index contributed by atoms with van der Waals surface area (Å²) in [6.07, 6.45) is 4.18. The van der Waals surface area contributed by atoms with Crippen molar-refractivity contribution in [3.8, 4) is 0 Å². The van der Waals surface area contributed by atoms with E-state index in [4.69, 9.17) is 15.2 Å². The number of nitrogen functional groups attached to an aromatic ring is 1. The molecule has 19 heavy (non-hydrogen) atoms. The van der Waals surface area contributed by atoms with Crippen molar-refractivity contribution >= 4 is 5.69 Å². The van der Waals surface area contributed by atoms with E-state index in [9.17, 15) is 4.79 Å². The maximum Gasteiger partial charge on any atom is 0.250 e. The number of rotatable bonds is 4. The molecular weight excluding hydrogens is 244 g/mol. The molecule has 0 spiro atoms. The average Bonchev–Trinajstić information content (AvgIpc) is 2.32. The van der Waals surface area contributed by atoms with Crippen LogP contribution in [-0.2, 0) is 16.0 Å². The van der Waals surface area contributed by atoms with E-state index in [2.05, 4.69) is 13.8 Å². The van der Waals surface area contributed by atoms with Crippen LogP contribution in [0.5, 0.6) is 0 Å². The second-order valence-corrected chi connectivity index (χ2v) is 5.22. The van der Waals surface area contributed by atoms with Crippen LogP contribution < -0.4 is 11.3 Å². The zero-order valence-corrected chi connectivity index (χ0v) is 11.5. The first-order valence-corrected chi connectivity index (χ1v) is 6.77. The topological polar surface area (TPSA) is 66.5 Å². The second-order valence-electron chi connectivity index (χ2n) is 5.22. The summed E-state index contributed by atoms with van der Waals surface area (Å²) in [7, 11) is 0. The molecule has 2 atom stereocenters. The first-order chi connectivity index (χ1) is 9.04. The van der Waals surface area contributed by atoms with Crippen LogP contribution in [0.2, 0.25) is 0 Å². The van der Waals surface area contributed by atoms with Crippen LogP contribution in [0.4, 0.5) is 5.69 Å². The molecule has 2 N–H and O–H groups in total. The summed E-state index contributed by atoms with van der Waals surface area (Å²) < 4.78 is 13.1. The lowest BCUT2D eigenvalue weighted by Gasteiger charge is -2.32. The molecule has 1 aliphatic rings. The Hall–Kier alpha value is -1.33. The third kappa shape index (κ3) is 4.08. The van der Waals surface area contributed by atoms with Gasteiger partial charge in [0, 0.05) is 24.5 Å². The first kappa shape index (κ1) is 14.1. The van der Waals surface area contributed by atoms with E-state index in [1.165, 1.54) is 6.07 Å². The van der Waals surface area contributed by atoms with Gasteiger partial charge < -0.3 is 19.8 Å². The van der Waals surface area contributed by atoms with Crippen molar-refractivity contribution in [3.05, 3.63) is 28.7 Å². The number of nitrogens with zero attached hydrogens (tertiary/aromatic N) is 1. The Morgan fingerprint density at radius 1 is 1.37 bits per heavy atom. The van der Waals surface area contributed by atoms with Crippen molar-refractivity contribution in [2.75, 3.05) is 12.3 Å². The zero-order chi connectivity index (χ0) is 13.8. The Morgan fingerprint density at radius 2 is 2.05 bits per heavy atom. The van der Waals surface area contributed by atoms with Gasteiger partial charge in [0.1, 0.15) is 0 Å². The van der Waals surface area contributed by atoms with Crippen LogP contribution in [-0.4, -0.2) is 29.5 Å². The summed E-state index contributed by atoms with van der Waals surface area (Å²) in [6.45, 7) is 5.18. The lowest BCUT2D eigenvalue weighted by molar-refractivity contribution is -0.102. The quantitative estimate of drug-likeness (QED) is 0.894. The molecule has 1 saturated heterocycles. The Morgan fingerprint density at radius 3 is 2.74 bits per heavy atom. The van der Waals surface area contributed by atoms with E-state index in [1.807, 2.05) is 0 Å². The fourth-order valence-corrected chi connectivity index (χ4v) is 2.52. The van der Waals surface area contributed by atoms with Gasteiger partial charge in [-0.05, 0) is 32.8 Å². The van der Waals surface area contributed by atoms with Gasteiger partial charge in [0.2, 0.25) is 0 Å². The normalized spacial score (nSPS) is 27.4. The third-order valence-electron chi connectivity index (χ3n) is 3.35. The minimum atomic E-state index is -0.0495. The predicted molar refractivity (Wildman–Crippen MR) is 74.1 cm³/mol. The molecule has 2 heterocycles. The van der Waals surface area contributed by atoms with E-state index >= 15 is 0 Å². The highest BCUT2D eigenvalue weighted by atomic mass is 16.5. The van der Waals surface area contributed by atoms with Gasteiger partial charge in [-0.25, -0.2) is 0 Å². The lowest BCUT2D eigenvalue weighted by atomic mass is 10.0. The third-order valence-corrected chi connectivity index (χ3v) is 3.35. The Balaban J connectivity index is 1.83. The molecule has 2 unspecified atom stereocenters. The number of pyridine rings is 1. The summed E-state index contributed by atoms with van der Waals surface area (Å²) in [6, 6.07) is 3.09. The van der Waals surface area contributed by atoms with Gasteiger partial charge in [-0.3, -0.25) is 4.79 Å². The summed E-state index contributed by atoms with van der Waals surface area (Å²) in [4.78, 5) is 11.6. The number of aromatic nitrogens is 1. The number of anilines is 1. The summed E-state index contributed by atoms with van der Waals surface area (Å²) in [5.74, 6) is 0. The van der Waals surface area contributed by atoms with Crippen molar-refractivity contribution < 1.29 is 9.47 Å². The molecule has 5 nitrogen and oxygen atoms in total. The number of nitrogens with two attached hydrogens (primary N) is 1. The van der Waals surface area contributed by atoms with Crippen LogP contribution in [0.3, 0.4) is 0 Å². The molecule has 0 radical (unpaired) electrons. The fraction of sp³-hybridized carbons (Fsp3) is 0.643. The minimum Gasteiger partial charge on any atom is -0.398 e. The van der Waals surface area contributed by atoms with E-state index in [0.717, 1.165) is 12.8 Å². The smallest absolute Gasteiger partial charge is 0.250 e. The fourth-order valence-electron chi connectivity index (χ4n) is 2.52. The van der Waals surface area contributed by atoms with Crippen molar-refractivity contribution in [3.63, 3.8) is 0 Å². The Kier molecular flexibility index (Phi) is 4.61. The van der Waals surface area contributed by atoms with E-state index in [-0.39, 0.29) is 23.9 Å². The summed E-state index contributed by atoms with van der Waals surface area (Å²) in [5, 5.41) is 0. The molecule has 1 fully saturated rings. The van der Waals surface area contributed by atoms with Crippen LogP contribution >= 0.6 is 0 Å².